The molecule has 1 atom stereocenters. The summed E-state index contributed by atoms with van der Waals surface area (Å²) in [7, 11) is 0. The first-order valence-corrected chi connectivity index (χ1v) is 7.66. The van der Waals surface area contributed by atoms with E-state index in [1.807, 2.05) is 0 Å². The molecule has 1 fully saturated rings. The standard InChI is InChI=1S/C14H16BrClN2O2/c1-9(19)17-11-3-2-6-18(8-11)14(20)12-7-10(15)4-5-13(12)16/h4-5,7,11H,2-3,6,8H2,1H3,(H,17,19). The van der Waals surface area contributed by atoms with Gasteiger partial charge in [0.2, 0.25) is 5.91 Å². The number of nitrogens with one attached hydrogen (secondary N) is 1. The van der Waals surface area contributed by atoms with Crippen LogP contribution in [0.25, 0.3) is 0 Å². The molecule has 0 saturated carbocycles. The van der Waals surface area contributed by atoms with Gasteiger partial charge in [0.25, 0.3) is 5.91 Å². The van der Waals surface area contributed by atoms with Gasteiger partial charge in [-0.2, -0.15) is 0 Å². The lowest BCUT2D eigenvalue weighted by molar-refractivity contribution is -0.120. The molecule has 0 radical (unpaired) electrons. The zero-order chi connectivity index (χ0) is 14.7. The normalized spacial score (nSPS) is 18.8. The Hall–Kier alpha value is -1.07. The maximum absolute atomic E-state index is 12.5. The van der Waals surface area contributed by atoms with E-state index in [0.29, 0.717) is 23.7 Å². The van der Waals surface area contributed by atoms with Gasteiger partial charge in [-0.1, -0.05) is 27.5 Å². The van der Waals surface area contributed by atoms with Crippen molar-refractivity contribution < 1.29 is 9.59 Å². The second kappa shape index (κ2) is 6.59. The zero-order valence-electron chi connectivity index (χ0n) is 11.2. The van der Waals surface area contributed by atoms with Gasteiger partial charge in [-0.25, -0.2) is 0 Å². The molecule has 1 aliphatic heterocycles. The van der Waals surface area contributed by atoms with Crippen LogP contribution in [0.1, 0.15) is 30.1 Å². The van der Waals surface area contributed by atoms with Crippen LogP contribution in [0.5, 0.6) is 0 Å². The van der Waals surface area contributed by atoms with Gasteiger partial charge in [0.15, 0.2) is 0 Å². The highest BCUT2D eigenvalue weighted by atomic mass is 79.9. The summed E-state index contributed by atoms with van der Waals surface area (Å²) >= 11 is 9.44. The number of nitrogens with zero attached hydrogens (tertiary/aromatic N) is 1. The van der Waals surface area contributed by atoms with E-state index in [0.717, 1.165) is 17.3 Å². The van der Waals surface area contributed by atoms with Crippen molar-refractivity contribution in [1.82, 2.24) is 10.2 Å². The highest BCUT2D eigenvalue weighted by Crippen LogP contribution is 2.23. The largest absolute Gasteiger partial charge is 0.352 e. The molecule has 0 aromatic heterocycles. The molecule has 6 heteroatoms. The quantitative estimate of drug-likeness (QED) is 0.883. The molecule has 1 N–H and O–H groups in total. The second-order valence-corrected chi connectivity index (χ2v) is 6.24. The lowest BCUT2D eigenvalue weighted by Crippen LogP contribution is -2.49. The number of carbonyl (C=O) groups excluding carboxylic acids is 2. The fourth-order valence-corrected chi connectivity index (χ4v) is 2.96. The van der Waals surface area contributed by atoms with Gasteiger partial charge in [-0.3, -0.25) is 9.59 Å². The molecule has 1 aromatic rings. The smallest absolute Gasteiger partial charge is 0.255 e. The van der Waals surface area contributed by atoms with E-state index >= 15 is 0 Å². The summed E-state index contributed by atoms with van der Waals surface area (Å²) in [5, 5.41) is 3.31. The molecule has 2 rings (SSSR count). The third kappa shape index (κ3) is 3.73. The molecule has 0 aliphatic carbocycles. The van der Waals surface area contributed by atoms with E-state index in [-0.39, 0.29) is 17.9 Å². The van der Waals surface area contributed by atoms with E-state index in [1.165, 1.54) is 6.92 Å². The number of rotatable bonds is 2. The summed E-state index contributed by atoms with van der Waals surface area (Å²) in [6.07, 6.45) is 1.78. The minimum Gasteiger partial charge on any atom is -0.352 e. The third-order valence-corrected chi connectivity index (χ3v) is 4.10. The molecular formula is C14H16BrClN2O2. The van der Waals surface area contributed by atoms with Crippen LogP contribution in [0.2, 0.25) is 5.02 Å². The van der Waals surface area contributed by atoms with Crippen molar-refractivity contribution in [2.75, 3.05) is 13.1 Å². The van der Waals surface area contributed by atoms with Crippen molar-refractivity contribution in [3.63, 3.8) is 0 Å². The van der Waals surface area contributed by atoms with E-state index in [1.54, 1.807) is 23.1 Å². The molecule has 0 bridgehead atoms. The van der Waals surface area contributed by atoms with Gasteiger partial charge in [0, 0.05) is 30.5 Å². The van der Waals surface area contributed by atoms with Crippen molar-refractivity contribution in [3.8, 4) is 0 Å². The predicted octanol–water partition coefficient (Wildman–Crippen LogP) is 2.84. The van der Waals surface area contributed by atoms with Crippen LogP contribution in [-0.2, 0) is 4.79 Å². The summed E-state index contributed by atoms with van der Waals surface area (Å²) in [6.45, 7) is 2.71. The van der Waals surface area contributed by atoms with Crippen molar-refractivity contribution in [2.24, 2.45) is 0 Å². The Bertz CT molecular complexity index is 536. The van der Waals surface area contributed by atoms with Crippen LogP contribution in [0.4, 0.5) is 0 Å². The molecule has 2 amide bonds. The van der Waals surface area contributed by atoms with Gasteiger partial charge < -0.3 is 10.2 Å². The van der Waals surface area contributed by atoms with Crippen molar-refractivity contribution >= 4 is 39.3 Å². The van der Waals surface area contributed by atoms with Crippen LogP contribution < -0.4 is 5.32 Å². The fourth-order valence-electron chi connectivity index (χ4n) is 2.40. The fraction of sp³-hybridized carbons (Fsp3) is 0.429. The highest BCUT2D eigenvalue weighted by Gasteiger charge is 2.26. The third-order valence-electron chi connectivity index (χ3n) is 3.27. The Kier molecular flexibility index (Phi) is 5.05. The molecule has 1 saturated heterocycles. The maximum atomic E-state index is 12.5. The SMILES string of the molecule is CC(=O)NC1CCCN(C(=O)c2cc(Br)ccc2Cl)C1. The average molecular weight is 360 g/mol. The van der Waals surface area contributed by atoms with Crippen LogP contribution in [-0.4, -0.2) is 35.8 Å². The van der Waals surface area contributed by atoms with Gasteiger partial charge >= 0.3 is 0 Å². The Morgan fingerprint density at radius 3 is 2.90 bits per heavy atom. The van der Waals surface area contributed by atoms with Crippen molar-refractivity contribution in [2.45, 2.75) is 25.8 Å². The van der Waals surface area contributed by atoms with Crippen LogP contribution in [0.3, 0.4) is 0 Å². The average Bonchev–Trinajstić information content (AvgIpc) is 2.40. The molecule has 0 spiro atoms. The number of hydrogen-bond acceptors (Lipinski definition) is 2. The van der Waals surface area contributed by atoms with E-state index < -0.39 is 0 Å². The Morgan fingerprint density at radius 1 is 1.45 bits per heavy atom. The van der Waals surface area contributed by atoms with Gasteiger partial charge in [0.1, 0.15) is 0 Å². The van der Waals surface area contributed by atoms with Gasteiger partial charge in [-0.05, 0) is 31.0 Å². The van der Waals surface area contributed by atoms with Crippen LogP contribution >= 0.6 is 27.5 Å². The first-order valence-electron chi connectivity index (χ1n) is 6.49. The molecule has 1 heterocycles. The summed E-state index contributed by atoms with van der Waals surface area (Å²) in [4.78, 5) is 25.4. The lowest BCUT2D eigenvalue weighted by atomic mass is 10.0. The monoisotopic (exact) mass is 358 g/mol. The lowest BCUT2D eigenvalue weighted by Gasteiger charge is -2.33. The maximum Gasteiger partial charge on any atom is 0.255 e. The Morgan fingerprint density at radius 2 is 2.20 bits per heavy atom. The van der Waals surface area contributed by atoms with E-state index in [2.05, 4.69) is 21.2 Å². The molecule has 4 nitrogen and oxygen atoms in total. The number of hydrogen-bond donors (Lipinski definition) is 1. The molecule has 1 aliphatic rings. The molecule has 1 aromatic carbocycles. The van der Waals surface area contributed by atoms with Crippen LogP contribution in [0.15, 0.2) is 22.7 Å². The summed E-state index contributed by atoms with van der Waals surface area (Å²) in [5.74, 6) is -0.156. The first-order chi connectivity index (χ1) is 9.47. The zero-order valence-corrected chi connectivity index (χ0v) is 13.5. The molecule has 1 unspecified atom stereocenters. The highest BCUT2D eigenvalue weighted by molar-refractivity contribution is 9.10. The number of halogens is 2. The summed E-state index contributed by atoms with van der Waals surface area (Å²) in [6, 6.07) is 5.26. The predicted molar refractivity (Wildman–Crippen MR) is 81.9 cm³/mol. The van der Waals surface area contributed by atoms with Gasteiger partial charge in [0.05, 0.1) is 10.6 Å². The second-order valence-electron chi connectivity index (χ2n) is 4.92. The minimum absolute atomic E-state index is 0.0242. The van der Waals surface area contributed by atoms with Crippen molar-refractivity contribution in [3.05, 3.63) is 33.3 Å². The van der Waals surface area contributed by atoms with E-state index in [9.17, 15) is 9.59 Å². The van der Waals surface area contributed by atoms with E-state index in [4.69, 9.17) is 11.6 Å². The Balaban J connectivity index is 2.12. The number of carbonyl (C=O) groups is 2. The number of benzene rings is 1. The number of piperidine rings is 1. The number of likely N-dealkylation sites (tertiary alicyclic amines) is 1. The summed E-state index contributed by atoms with van der Waals surface area (Å²) in [5.41, 5.74) is 0.490. The van der Waals surface area contributed by atoms with Gasteiger partial charge in [-0.15, -0.1) is 0 Å². The molecular weight excluding hydrogens is 344 g/mol. The Labute approximate surface area is 131 Å². The van der Waals surface area contributed by atoms with Crippen LogP contribution in [0, 0.1) is 0 Å². The van der Waals surface area contributed by atoms with Crippen molar-refractivity contribution in [1.29, 1.82) is 0 Å². The summed E-state index contributed by atoms with van der Waals surface area (Å²) < 4.78 is 0.820. The molecule has 108 valence electrons. The minimum atomic E-state index is -0.0913. The number of amides is 2. The first kappa shape index (κ1) is 15.3. The molecule has 20 heavy (non-hydrogen) atoms. The topological polar surface area (TPSA) is 49.4 Å².